The summed E-state index contributed by atoms with van der Waals surface area (Å²) in [6, 6.07) is 4.04. The Morgan fingerprint density at radius 2 is 1.69 bits per heavy atom. The third-order valence-electron chi connectivity index (χ3n) is 6.19. The highest BCUT2D eigenvalue weighted by Crippen LogP contribution is 2.47. The van der Waals surface area contributed by atoms with Crippen LogP contribution in [0.15, 0.2) is 12.1 Å². The van der Waals surface area contributed by atoms with E-state index in [1.54, 1.807) is 14.2 Å². The van der Waals surface area contributed by atoms with Gasteiger partial charge in [0.1, 0.15) is 0 Å². The van der Waals surface area contributed by atoms with Crippen molar-refractivity contribution in [1.29, 1.82) is 0 Å². The Morgan fingerprint density at radius 3 is 2.35 bits per heavy atom. The first-order valence-electron chi connectivity index (χ1n) is 9.37. The van der Waals surface area contributed by atoms with Crippen LogP contribution in [0.3, 0.4) is 0 Å². The van der Waals surface area contributed by atoms with Gasteiger partial charge in [-0.25, -0.2) is 0 Å². The summed E-state index contributed by atoms with van der Waals surface area (Å²) in [4.78, 5) is 29.1. The van der Waals surface area contributed by atoms with Crippen LogP contribution >= 0.6 is 0 Å². The fourth-order valence-electron chi connectivity index (χ4n) is 4.71. The number of benzene rings is 1. The number of carbonyl (C=O) groups is 2. The summed E-state index contributed by atoms with van der Waals surface area (Å²) in [7, 11) is 3.27. The zero-order valence-electron chi connectivity index (χ0n) is 15.5. The maximum atomic E-state index is 12.9. The Kier molecular flexibility index (Phi) is 4.39. The molecule has 1 spiro atoms. The number of hydrogen-bond acceptors (Lipinski definition) is 5. The van der Waals surface area contributed by atoms with Gasteiger partial charge in [0.05, 0.1) is 26.3 Å². The standard InChI is InChI=1S/C20H26N2O4/c1-25-16-9-14-5-8-21(12-15(14)10-17(16)26-2)13-22-18(23)11-20(19(22)24)6-3-4-7-20/h9-10H,3-8,11-13H2,1-2H3. The minimum atomic E-state index is -0.388. The molecule has 0 bridgehead atoms. The van der Waals surface area contributed by atoms with Crippen molar-refractivity contribution < 1.29 is 19.1 Å². The first-order valence-corrected chi connectivity index (χ1v) is 9.37. The number of ether oxygens (including phenoxy) is 2. The van der Waals surface area contributed by atoms with Crippen molar-refractivity contribution >= 4 is 11.8 Å². The van der Waals surface area contributed by atoms with Gasteiger partial charge >= 0.3 is 0 Å². The molecule has 6 heteroatoms. The van der Waals surface area contributed by atoms with Gasteiger partial charge in [0, 0.05) is 19.5 Å². The summed E-state index contributed by atoms with van der Waals surface area (Å²) in [6.07, 6.45) is 5.14. The SMILES string of the molecule is COc1cc2c(cc1OC)CN(CN1C(=O)CC3(CCCC3)C1=O)CC2. The van der Waals surface area contributed by atoms with Crippen molar-refractivity contribution in [1.82, 2.24) is 9.80 Å². The molecule has 0 N–H and O–H groups in total. The lowest BCUT2D eigenvalue weighted by atomic mass is 9.85. The molecule has 0 unspecified atom stereocenters. The largest absolute Gasteiger partial charge is 0.493 e. The molecule has 0 atom stereocenters. The van der Waals surface area contributed by atoms with Gasteiger partial charge in [0.25, 0.3) is 0 Å². The van der Waals surface area contributed by atoms with E-state index in [1.165, 1.54) is 16.0 Å². The zero-order valence-corrected chi connectivity index (χ0v) is 15.5. The molecule has 4 rings (SSSR count). The lowest BCUT2D eigenvalue weighted by Crippen LogP contribution is -2.44. The van der Waals surface area contributed by atoms with Crippen LogP contribution in [-0.2, 0) is 22.6 Å². The highest BCUT2D eigenvalue weighted by molar-refractivity contribution is 6.06. The van der Waals surface area contributed by atoms with Crippen molar-refractivity contribution in [3.63, 3.8) is 0 Å². The molecule has 2 heterocycles. The van der Waals surface area contributed by atoms with Crippen LogP contribution in [0.2, 0.25) is 0 Å². The average Bonchev–Trinajstić information content (AvgIpc) is 3.21. The number of methoxy groups -OCH3 is 2. The van der Waals surface area contributed by atoms with Crippen molar-refractivity contribution in [2.75, 3.05) is 27.4 Å². The summed E-state index contributed by atoms with van der Waals surface area (Å²) < 4.78 is 10.8. The van der Waals surface area contributed by atoms with Gasteiger partial charge in [0.15, 0.2) is 11.5 Å². The summed E-state index contributed by atoms with van der Waals surface area (Å²) in [5.41, 5.74) is 2.02. The molecule has 1 aliphatic carbocycles. The first kappa shape index (κ1) is 17.3. The van der Waals surface area contributed by atoms with Crippen molar-refractivity contribution in [3.05, 3.63) is 23.3 Å². The molecule has 1 saturated heterocycles. The number of amides is 2. The molecule has 26 heavy (non-hydrogen) atoms. The smallest absolute Gasteiger partial charge is 0.237 e. The summed E-state index contributed by atoms with van der Waals surface area (Å²) in [5, 5.41) is 0. The molecule has 2 fully saturated rings. The van der Waals surface area contributed by atoms with E-state index in [1.807, 2.05) is 12.1 Å². The highest BCUT2D eigenvalue weighted by atomic mass is 16.5. The molecule has 2 amide bonds. The van der Waals surface area contributed by atoms with E-state index >= 15 is 0 Å². The van der Waals surface area contributed by atoms with E-state index in [0.717, 1.165) is 44.4 Å². The number of likely N-dealkylation sites (tertiary alicyclic amines) is 1. The molecule has 0 radical (unpaired) electrons. The second kappa shape index (κ2) is 6.58. The highest BCUT2D eigenvalue weighted by Gasteiger charge is 2.52. The fourth-order valence-corrected chi connectivity index (χ4v) is 4.71. The molecule has 140 valence electrons. The van der Waals surface area contributed by atoms with Crippen LogP contribution in [0.4, 0.5) is 0 Å². The number of hydrogen-bond donors (Lipinski definition) is 0. The lowest BCUT2D eigenvalue weighted by Gasteiger charge is -2.32. The number of carbonyl (C=O) groups excluding carboxylic acids is 2. The minimum absolute atomic E-state index is 0.00462. The molecule has 2 aliphatic heterocycles. The van der Waals surface area contributed by atoms with Crippen molar-refractivity contribution in [2.45, 2.75) is 45.1 Å². The predicted octanol–water partition coefficient (Wildman–Crippen LogP) is 2.34. The van der Waals surface area contributed by atoms with Crippen LogP contribution in [0, 0.1) is 5.41 Å². The monoisotopic (exact) mass is 358 g/mol. The molecule has 1 saturated carbocycles. The number of fused-ring (bicyclic) bond motifs is 1. The van der Waals surface area contributed by atoms with Gasteiger partial charge in [-0.15, -0.1) is 0 Å². The molecule has 0 aromatic heterocycles. The predicted molar refractivity (Wildman–Crippen MR) is 95.9 cm³/mol. The van der Waals surface area contributed by atoms with E-state index < -0.39 is 0 Å². The molecular formula is C20H26N2O4. The Balaban J connectivity index is 1.49. The molecule has 1 aromatic carbocycles. The van der Waals surface area contributed by atoms with Gasteiger partial charge in [0.2, 0.25) is 11.8 Å². The average molecular weight is 358 g/mol. The lowest BCUT2D eigenvalue weighted by molar-refractivity contribution is -0.144. The number of imide groups is 1. The van der Waals surface area contributed by atoms with Crippen LogP contribution in [0.5, 0.6) is 11.5 Å². The maximum absolute atomic E-state index is 12.9. The van der Waals surface area contributed by atoms with Crippen LogP contribution in [0.1, 0.15) is 43.2 Å². The zero-order chi connectivity index (χ0) is 18.3. The molecular weight excluding hydrogens is 332 g/mol. The normalized spacial score (nSPS) is 22.2. The Morgan fingerprint density at radius 1 is 1.04 bits per heavy atom. The fraction of sp³-hybridized carbons (Fsp3) is 0.600. The van der Waals surface area contributed by atoms with Crippen LogP contribution in [0.25, 0.3) is 0 Å². The molecule has 6 nitrogen and oxygen atoms in total. The third kappa shape index (κ3) is 2.76. The van der Waals surface area contributed by atoms with E-state index in [2.05, 4.69) is 4.90 Å². The quantitative estimate of drug-likeness (QED) is 0.773. The van der Waals surface area contributed by atoms with E-state index in [-0.39, 0.29) is 17.2 Å². The van der Waals surface area contributed by atoms with Crippen molar-refractivity contribution in [3.8, 4) is 11.5 Å². The minimum Gasteiger partial charge on any atom is -0.493 e. The van der Waals surface area contributed by atoms with E-state index in [9.17, 15) is 9.59 Å². The third-order valence-corrected chi connectivity index (χ3v) is 6.19. The van der Waals surface area contributed by atoms with Gasteiger partial charge in [-0.3, -0.25) is 19.4 Å². The van der Waals surface area contributed by atoms with Crippen molar-refractivity contribution in [2.24, 2.45) is 5.41 Å². The topological polar surface area (TPSA) is 59.1 Å². The summed E-state index contributed by atoms with van der Waals surface area (Å²) >= 11 is 0. The summed E-state index contributed by atoms with van der Waals surface area (Å²) in [5.74, 6) is 1.51. The number of nitrogens with zero attached hydrogens (tertiary/aromatic N) is 2. The van der Waals surface area contributed by atoms with Gasteiger partial charge in [-0.2, -0.15) is 0 Å². The summed E-state index contributed by atoms with van der Waals surface area (Å²) in [6.45, 7) is 1.93. The van der Waals surface area contributed by atoms with Gasteiger partial charge in [-0.05, 0) is 42.5 Å². The second-order valence-corrected chi connectivity index (χ2v) is 7.71. The Bertz CT molecular complexity index is 740. The van der Waals surface area contributed by atoms with Crippen LogP contribution in [-0.4, -0.2) is 49.0 Å². The first-order chi connectivity index (χ1) is 12.6. The van der Waals surface area contributed by atoms with Gasteiger partial charge in [-0.1, -0.05) is 12.8 Å². The second-order valence-electron chi connectivity index (χ2n) is 7.71. The molecule has 3 aliphatic rings. The molecule has 1 aromatic rings. The Labute approximate surface area is 154 Å². The number of rotatable bonds is 4. The van der Waals surface area contributed by atoms with Crippen LogP contribution < -0.4 is 9.47 Å². The Hall–Kier alpha value is -2.08. The maximum Gasteiger partial charge on any atom is 0.237 e. The van der Waals surface area contributed by atoms with E-state index in [0.29, 0.717) is 25.4 Å². The van der Waals surface area contributed by atoms with E-state index in [4.69, 9.17) is 9.47 Å². The van der Waals surface area contributed by atoms with Gasteiger partial charge < -0.3 is 9.47 Å².